The van der Waals surface area contributed by atoms with Gasteiger partial charge in [-0.05, 0) is 82.7 Å². The van der Waals surface area contributed by atoms with Crippen molar-refractivity contribution in [3.63, 3.8) is 0 Å². The number of nitrogens with zero attached hydrogens (tertiary/aromatic N) is 1. The maximum Gasteiger partial charge on any atom is 0.257 e. The Morgan fingerprint density at radius 1 is 1.28 bits per heavy atom. The molecule has 0 aliphatic carbocycles. The highest BCUT2D eigenvalue weighted by Gasteiger charge is 2.28. The zero-order valence-corrected chi connectivity index (χ0v) is 20.1. The minimum Gasteiger partial charge on any atom is -0.348 e. The van der Waals surface area contributed by atoms with Crippen molar-refractivity contribution in [2.24, 2.45) is 5.92 Å². The molecular formula is C24H33F2N3O2S. The topological polar surface area (TPSA) is 65.2 Å². The summed E-state index contributed by atoms with van der Waals surface area (Å²) in [7, 11) is 0. The molecule has 5 nitrogen and oxygen atoms in total. The van der Waals surface area contributed by atoms with Gasteiger partial charge >= 0.3 is 0 Å². The number of carbonyl (C=O) groups excluding carboxylic acids is 1. The molecule has 0 aromatic carbocycles. The summed E-state index contributed by atoms with van der Waals surface area (Å²) in [6.07, 6.45) is 3.79. The van der Waals surface area contributed by atoms with Crippen molar-refractivity contribution in [3.05, 3.63) is 54.6 Å². The van der Waals surface area contributed by atoms with E-state index in [1.165, 1.54) is 4.88 Å². The summed E-state index contributed by atoms with van der Waals surface area (Å²) in [6, 6.07) is 1.90. The van der Waals surface area contributed by atoms with Gasteiger partial charge in [-0.1, -0.05) is 0 Å². The van der Waals surface area contributed by atoms with Crippen LogP contribution in [0.25, 0.3) is 0 Å². The number of hydrogen-bond donors (Lipinski definition) is 2. The van der Waals surface area contributed by atoms with Gasteiger partial charge in [-0.2, -0.15) is 0 Å². The molecule has 0 spiro atoms. The number of carbonyl (C=O) groups is 1. The predicted molar refractivity (Wildman–Crippen MR) is 125 cm³/mol. The zero-order valence-electron chi connectivity index (χ0n) is 19.3. The predicted octanol–water partition coefficient (Wildman–Crippen LogP) is 4.59. The molecule has 0 unspecified atom stereocenters. The van der Waals surface area contributed by atoms with E-state index in [4.69, 9.17) is 0 Å². The van der Waals surface area contributed by atoms with Gasteiger partial charge in [-0.3, -0.25) is 14.5 Å². The summed E-state index contributed by atoms with van der Waals surface area (Å²) in [5.41, 5.74) is 3.72. The van der Waals surface area contributed by atoms with Gasteiger partial charge in [-0.25, -0.2) is 8.78 Å². The summed E-state index contributed by atoms with van der Waals surface area (Å²) < 4.78 is 26.4. The van der Waals surface area contributed by atoms with Gasteiger partial charge in [0.15, 0.2) is 0 Å². The normalized spacial score (nSPS) is 15.8. The fourth-order valence-corrected chi connectivity index (χ4v) is 5.52. The first-order valence-corrected chi connectivity index (χ1v) is 12.1. The largest absolute Gasteiger partial charge is 0.348 e. The van der Waals surface area contributed by atoms with E-state index in [1.807, 2.05) is 37.1 Å². The summed E-state index contributed by atoms with van der Waals surface area (Å²) in [6.45, 7) is 8.14. The zero-order chi connectivity index (χ0) is 23.5. The Balaban J connectivity index is 1.51. The van der Waals surface area contributed by atoms with Crippen molar-refractivity contribution >= 4 is 17.2 Å². The van der Waals surface area contributed by atoms with E-state index in [-0.39, 0.29) is 24.6 Å². The second kappa shape index (κ2) is 10.3. The first kappa shape index (κ1) is 24.6. The van der Waals surface area contributed by atoms with Crippen molar-refractivity contribution in [1.29, 1.82) is 0 Å². The Morgan fingerprint density at radius 2 is 1.97 bits per heavy atom. The Labute approximate surface area is 192 Å². The molecule has 0 atom stereocenters. The van der Waals surface area contributed by atoms with Crippen LogP contribution in [-0.2, 0) is 13.0 Å². The molecule has 1 amide bonds. The van der Waals surface area contributed by atoms with Crippen LogP contribution in [0, 0.1) is 26.7 Å². The van der Waals surface area contributed by atoms with Crippen molar-refractivity contribution in [2.75, 3.05) is 19.6 Å². The molecule has 0 bridgehead atoms. The summed E-state index contributed by atoms with van der Waals surface area (Å²) in [5.74, 6) is -2.27. The van der Waals surface area contributed by atoms with Crippen LogP contribution in [0.3, 0.4) is 0 Å². The van der Waals surface area contributed by atoms with E-state index >= 15 is 0 Å². The number of aromatic amines is 1. The number of H-pyrrole nitrogens is 1. The maximum absolute atomic E-state index is 13.2. The number of halogens is 2. The smallest absolute Gasteiger partial charge is 0.257 e. The number of rotatable bonds is 8. The van der Waals surface area contributed by atoms with E-state index < -0.39 is 5.92 Å². The highest BCUT2D eigenvalue weighted by Crippen LogP contribution is 2.28. The number of hydrogen-bond acceptors (Lipinski definition) is 4. The second-order valence-electron chi connectivity index (χ2n) is 9.15. The van der Waals surface area contributed by atoms with Crippen LogP contribution >= 0.6 is 11.3 Å². The van der Waals surface area contributed by atoms with Crippen molar-refractivity contribution in [3.8, 4) is 0 Å². The van der Waals surface area contributed by atoms with Gasteiger partial charge < -0.3 is 10.3 Å². The highest BCUT2D eigenvalue weighted by molar-refractivity contribution is 7.10. The minimum absolute atomic E-state index is 0.157. The van der Waals surface area contributed by atoms with E-state index in [0.717, 1.165) is 62.5 Å². The van der Waals surface area contributed by atoms with Gasteiger partial charge in [0.1, 0.15) is 0 Å². The molecule has 32 heavy (non-hydrogen) atoms. The van der Waals surface area contributed by atoms with Crippen LogP contribution < -0.4 is 10.9 Å². The molecule has 2 aromatic rings. The maximum atomic E-state index is 13.2. The number of aromatic nitrogens is 1. The number of piperidine rings is 1. The lowest BCUT2D eigenvalue weighted by atomic mass is 9.91. The monoisotopic (exact) mass is 465 g/mol. The number of alkyl halides is 2. The molecule has 176 valence electrons. The number of aryl methyl sites for hydroxylation is 3. The van der Waals surface area contributed by atoms with Gasteiger partial charge in [-0.15, -0.1) is 11.3 Å². The van der Waals surface area contributed by atoms with Gasteiger partial charge in [0.25, 0.3) is 17.4 Å². The summed E-state index contributed by atoms with van der Waals surface area (Å²) in [5, 5.41) is 4.77. The van der Waals surface area contributed by atoms with Gasteiger partial charge in [0, 0.05) is 35.0 Å². The molecule has 1 fully saturated rings. The summed E-state index contributed by atoms with van der Waals surface area (Å²) >= 11 is 1.59. The number of likely N-dealkylation sites (tertiary alicyclic amines) is 1. The molecule has 0 saturated carbocycles. The van der Waals surface area contributed by atoms with Crippen molar-refractivity contribution in [1.82, 2.24) is 15.2 Å². The number of nitrogens with one attached hydrogen (secondary N) is 2. The van der Waals surface area contributed by atoms with E-state index in [0.29, 0.717) is 17.0 Å². The Bertz CT molecular complexity index is 1000. The number of amides is 1. The molecule has 1 aliphatic heterocycles. The van der Waals surface area contributed by atoms with E-state index in [1.54, 1.807) is 11.3 Å². The third-order valence-electron chi connectivity index (χ3n) is 6.29. The minimum atomic E-state index is -2.64. The number of pyridine rings is 1. The molecule has 0 radical (unpaired) electrons. The standard InChI is InChI=1S/C24H33F2N3O2S/c1-15-11-16(2)28-23(31)19(15)12-27-22(30)20-13-32-21(17(20)3)6-5-18-7-9-29(10-8-18)14-24(4,25)26/h11,13,18H,5-10,12,14H2,1-4H3,(H,27,30)(H,28,31). The SMILES string of the molecule is Cc1cc(C)c(CNC(=O)c2csc(CCC3CCN(CC(C)(F)F)CC3)c2C)c(=O)[nH]1. The quantitative estimate of drug-likeness (QED) is 0.599. The van der Waals surface area contributed by atoms with Crippen LogP contribution in [0.5, 0.6) is 0 Å². The lowest BCUT2D eigenvalue weighted by Crippen LogP contribution is -2.40. The lowest BCUT2D eigenvalue weighted by molar-refractivity contribution is -0.0225. The van der Waals surface area contributed by atoms with Gasteiger partial charge in [0.2, 0.25) is 0 Å². The average Bonchev–Trinajstić information content (AvgIpc) is 3.06. The second-order valence-corrected chi connectivity index (χ2v) is 10.1. The molecule has 3 rings (SSSR count). The van der Waals surface area contributed by atoms with Crippen molar-refractivity contribution in [2.45, 2.75) is 65.8 Å². The Kier molecular flexibility index (Phi) is 7.88. The average molecular weight is 466 g/mol. The molecule has 8 heteroatoms. The van der Waals surface area contributed by atoms with Crippen LogP contribution in [0.1, 0.15) is 63.8 Å². The first-order chi connectivity index (χ1) is 15.0. The third-order valence-corrected chi connectivity index (χ3v) is 7.44. The van der Waals surface area contributed by atoms with Crippen LogP contribution in [0.15, 0.2) is 16.2 Å². The first-order valence-electron chi connectivity index (χ1n) is 11.2. The molecular weight excluding hydrogens is 432 g/mol. The molecule has 2 N–H and O–H groups in total. The van der Waals surface area contributed by atoms with Crippen LogP contribution in [0.4, 0.5) is 8.78 Å². The Morgan fingerprint density at radius 3 is 2.59 bits per heavy atom. The van der Waals surface area contributed by atoms with Crippen molar-refractivity contribution < 1.29 is 13.6 Å². The highest BCUT2D eigenvalue weighted by atomic mass is 32.1. The molecule has 1 aliphatic rings. The third kappa shape index (κ3) is 6.48. The molecule has 2 aromatic heterocycles. The fraction of sp³-hybridized carbons (Fsp3) is 0.583. The van der Waals surface area contributed by atoms with Gasteiger partial charge in [0.05, 0.1) is 12.1 Å². The van der Waals surface area contributed by atoms with E-state index in [9.17, 15) is 18.4 Å². The fourth-order valence-electron chi connectivity index (χ4n) is 4.45. The number of thiophene rings is 1. The summed E-state index contributed by atoms with van der Waals surface area (Å²) in [4.78, 5) is 30.7. The van der Waals surface area contributed by atoms with E-state index in [2.05, 4.69) is 10.3 Å². The van der Waals surface area contributed by atoms with Crippen LogP contribution in [0.2, 0.25) is 0 Å². The Hall–Kier alpha value is -2.06. The molecule has 3 heterocycles. The lowest BCUT2D eigenvalue weighted by Gasteiger charge is -2.33. The molecule has 1 saturated heterocycles. The van der Waals surface area contributed by atoms with Crippen LogP contribution in [-0.4, -0.2) is 41.3 Å².